The normalized spacial score (nSPS) is 12.6. The summed E-state index contributed by atoms with van der Waals surface area (Å²) in [6, 6.07) is 157. The number of para-hydroxylation sites is 2. The fourth-order valence-electron chi connectivity index (χ4n) is 20.1. The Morgan fingerprint density at radius 2 is 0.467 bits per heavy atom. The number of nitrogens with zero attached hydrogens (tertiary/aromatic N) is 3. The van der Waals surface area contributed by atoms with Gasteiger partial charge >= 0.3 is 0 Å². The van der Waals surface area contributed by atoms with Gasteiger partial charge in [0.15, 0.2) is 0 Å². The Kier molecular flexibility index (Phi) is 16.9. The number of hydrogen-bond acceptors (Lipinski definition) is 3. The van der Waals surface area contributed by atoms with Crippen LogP contribution in [0.3, 0.4) is 0 Å². The van der Waals surface area contributed by atoms with Crippen LogP contribution < -0.4 is 31.1 Å². The van der Waals surface area contributed by atoms with E-state index in [9.17, 15) is 0 Å². The van der Waals surface area contributed by atoms with Gasteiger partial charge in [0.2, 0.25) is 0 Å². The van der Waals surface area contributed by atoms with E-state index < -0.39 is 0 Å². The standard InChI is InChI=1S/C118H86BN3/c1-117(2,3)95-67-89-47-43-85-63-93(64-86-44-48-90(68-95)112(89)110(85)86)83-55-61-106-104(71-83)119-105-72-84(94-65-87-45-49-91-69-96(118(4,5)6)70-92-50-46-88(66-94)111(87)113(91)92)56-62-107(105)122(116-102(81-35-21-11-22-36-81)41-26-42-103(116)82-37-23-12-24-38-82)109-74-99(73-108(114(109)119)121(106)115-100(79-31-17-9-18-32-79)39-25-40-101(115)80-33-19-10-20-34-80)120(97-57-51-77(52-58-97)75-27-13-7-14-28-75)98-59-53-78(54-60-98)76-29-15-8-16-30-76/h7-74H,1-6H3. The molecule has 0 spiro atoms. The quantitative estimate of drug-likeness (QED) is 0.0841. The molecule has 122 heavy (non-hydrogen) atoms. The van der Waals surface area contributed by atoms with Gasteiger partial charge in [-0.25, -0.2) is 0 Å². The van der Waals surface area contributed by atoms with E-state index in [4.69, 9.17) is 0 Å². The zero-order chi connectivity index (χ0) is 81.6. The molecule has 0 unspecified atom stereocenters. The number of hydrogen-bond donors (Lipinski definition) is 0. The van der Waals surface area contributed by atoms with Crippen LogP contribution in [0.4, 0.5) is 51.2 Å². The first-order valence-electron chi connectivity index (χ1n) is 42.9. The minimum absolute atomic E-state index is 0.0000330. The third-order valence-corrected chi connectivity index (χ3v) is 26.1. The van der Waals surface area contributed by atoms with Crippen LogP contribution in [0.5, 0.6) is 0 Å². The fraction of sp³-hybridized carbons (Fsp3) is 0.0678. The highest BCUT2D eigenvalue weighted by atomic mass is 15.2. The van der Waals surface area contributed by atoms with E-state index in [0.717, 1.165) is 129 Å². The first-order chi connectivity index (χ1) is 59.7. The predicted octanol–water partition coefficient (Wildman–Crippen LogP) is 31.0. The van der Waals surface area contributed by atoms with Crippen LogP contribution >= 0.6 is 0 Å². The molecule has 2 aliphatic heterocycles. The minimum Gasteiger partial charge on any atom is -0.310 e. The highest BCUT2D eigenvalue weighted by molar-refractivity contribution is 7.00. The van der Waals surface area contributed by atoms with E-state index in [1.54, 1.807) is 0 Å². The SMILES string of the molecule is CC(C)(C)c1cc2ccc3cc(-c4ccc5c(c4)B4c6cc(-c7cc8ccc9cc(C(C)(C)C)cc%10ccc(c7)c8c9%10)ccc6N(c6c(-c7ccccc7)cccc6-c6ccccc6)c6cc(N(c7ccc(-c8ccccc8)cc7)c7ccc(-c8ccccc8)cc7)cc(c64)N5c4c(-c5ccccc5)cccc4-c4ccccc4)cc4ccc(c1)c2c34. The van der Waals surface area contributed by atoms with Crippen LogP contribution in [0.25, 0.3) is 154 Å². The molecule has 0 aliphatic carbocycles. The molecule has 0 radical (unpaired) electrons. The highest BCUT2D eigenvalue weighted by Crippen LogP contribution is 2.56. The molecule has 576 valence electrons. The Balaban J connectivity index is 0.858. The van der Waals surface area contributed by atoms with E-state index in [1.165, 1.54) is 103 Å². The van der Waals surface area contributed by atoms with E-state index >= 15 is 0 Å². The van der Waals surface area contributed by atoms with Crippen molar-refractivity contribution in [3.05, 3.63) is 424 Å². The van der Waals surface area contributed by atoms with Gasteiger partial charge in [-0.2, -0.15) is 0 Å². The van der Waals surface area contributed by atoms with Crippen molar-refractivity contribution < 1.29 is 0 Å². The van der Waals surface area contributed by atoms with Crippen molar-refractivity contribution in [1.29, 1.82) is 0 Å². The molecule has 23 rings (SSSR count). The molecule has 0 amide bonds. The van der Waals surface area contributed by atoms with Crippen LogP contribution in [0.2, 0.25) is 0 Å². The van der Waals surface area contributed by atoms with Gasteiger partial charge in [-0.3, -0.25) is 0 Å². The van der Waals surface area contributed by atoms with Crippen LogP contribution in [0.15, 0.2) is 413 Å². The minimum atomic E-state index is -0.354. The van der Waals surface area contributed by atoms with Crippen LogP contribution in [-0.4, -0.2) is 6.71 Å². The smallest absolute Gasteiger partial charge is 0.252 e. The van der Waals surface area contributed by atoms with Crippen molar-refractivity contribution >= 4 is 139 Å². The second-order valence-electron chi connectivity index (χ2n) is 35.5. The molecule has 0 fully saturated rings. The Morgan fingerprint density at radius 1 is 0.205 bits per heavy atom. The van der Waals surface area contributed by atoms with E-state index in [-0.39, 0.29) is 17.5 Å². The fourth-order valence-corrected chi connectivity index (χ4v) is 20.1. The number of benzene rings is 21. The van der Waals surface area contributed by atoms with Crippen LogP contribution in [0, 0.1) is 0 Å². The van der Waals surface area contributed by atoms with Crippen molar-refractivity contribution in [1.82, 2.24) is 0 Å². The van der Waals surface area contributed by atoms with E-state index in [2.05, 4.69) is 469 Å². The topological polar surface area (TPSA) is 9.72 Å². The van der Waals surface area contributed by atoms with Crippen LogP contribution in [-0.2, 0) is 10.8 Å². The number of anilines is 9. The predicted molar refractivity (Wildman–Crippen MR) is 523 cm³/mol. The van der Waals surface area contributed by atoms with Gasteiger partial charge in [-0.15, -0.1) is 0 Å². The summed E-state index contributed by atoms with van der Waals surface area (Å²) in [7, 11) is 0. The first kappa shape index (κ1) is 72.4. The van der Waals surface area contributed by atoms with Crippen molar-refractivity contribution in [3.63, 3.8) is 0 Å². The van der Waals surface area contributed by atoms with Gasteiger partial charge in [0.05, 0.1) is 17.1 Å². The summed E-state index contributed by atoms with van der Waals surface area (Å²) in [5.74, 6) is 0. The Hall–Kier alpha value is -14.8. The third-order valence-electron chi connectivity index (χ3n) is 26.1. The highest BCUT2D eigenvalue weighted by Gasteiger charge is 2.46. The summed E-state index contributed by atoms with van der Waals surface area (Å²) in [5.41, 5.74) is 34.1. The largest absolute Gasteiger partial charge is 0.310 e. The van der Waals surface area contributed by atoms with Gasteiger partial charge in [0, 0.05) is 56.4 Å². The summed E-state index contributed by atoms with van der Waals surface area (Å²) in [5, 5.41) is 15.3. The van der Waals surface area contributed by atoms with Crippen molar-refractivity contribution in [3.8, 4) is 89.0 Å². The van der Waals surface area contributed by atoms with Gasteiger partial charge in [-0.1, -0.05) is 381 Å². The lowest BCUT2D eigenvalue weighted by Gasteiger charge is -2.46. The molecular weight excluding hydrogens is 1470 g/mol. The van der Waals surface area contributed by atoms with Gasteiger partial charge < -0.3 is 14.7 Å². The molecule has 4 heteroatoms. The maximum absolute atomic E-state index is 2.70. The summed E-state index contributed by atoms with van der Waals surface area (Å²) < 4.78 is 0. The first-order valence-corrected chi connectivity index (χ1v) is 42.9. The third kappa shape index (κ3) is 12.1. The number of rotatable bonds is 13. The summed E-state index contributed by atoms with van der Waals surface area (Å²) in [6.07, 6.45) is 0. The molecule has 3 nitrogen and oxygen atoms in total. The van der Waals surface area contributed by atoms with Crippen molar-refractivity contribution in [2.45, 2.75) is 52.4 Å². The average molecular weight is 1560 g/mol. The lowest BCUT2D eigenvalue weighted by Crippen LogP contribution is -2.61. The number of fused-ring (bicyclic) bond motifs is 4. The molecule has 21 aromatic carbocycles. The monoisotopic (exact) mass is 1560 g/mol. The second-order valence-corrected chi connectivity index (χ2v) is 35.5. The molecule has 0 bridgehead atoms. The molecule has 0 atom stereocenters. The second kappa shape index (κ2) is 28.4. The molecule has 21 aromatic rings. The Bertz CT molecular complexity index is 6960. The zero-order valence-electron chi connectivity index (χ0n) is 69.2. The van der Waals surface area contributed by atoms with E-state index in [1.807, 2.05) is 0 Å². The molecular formula is C118H86BN3. The molecule has 0 saturated heterocycles. The maximum Gasteiger partial charge on any atom is 0.252 e. The average Bonchev–Trinajstić information content (AvgIpc) is 0.684. The van der Waals surface area contributed by atoms with E-state index in [0.29, 0.717) is 0 Å². The Morgan fingerprint density at radius 3 is 0.754 bits per heavy atom. The summed E-state index contributed by atoms with van der Waals surface area (Å²) in [4.78, 5) is 7.90. The van der Waals surface area contributed by atoms with Crippen LogP contribution in [0.1, 0.15) is 52.7 Å². The van der Waals surface area contributed by atoms with Gasteiger partial charge in [-0.05, 0) is 243 Å². The van der Waals surface area contributed by atoms with Crippen molar-refractivity contribution in [2.24, 2.45) is 0 Å². The lowest BCUT2D eigenvalue weighted by atomic mass is 9.33. The summed E-state index contributed by atoms with van der Waals surface area (Å²) in [6.45, 7) is 13.6. The van der Waals surface area contributed by atoms with Gasteiger partial charge in [0.1, 0.15) is 0 Å². The Labute approximate surface area is 713 Å². The van der Waals surface area contributed by atoms with Crippen molar-refractivity contribution in [2.75, 3.05) is 14.7 Å². The molecule has 2 aliphatic rings. The molecule has 2 heterocycles. The zero-order valence-corrected chi connectivity index (χ0v) is 69.2. The molecule has 0 aromatic heterocycles. The summed E-state index contributed by atoms with van der Waals surface area (Å²) >= 11 is 0. The maximum atomic E-state index is 2.70. The molecule has 0 N–H and O–H groups in total. The lowest BCUT2D eigenvalue weighted by molar-refractivity contribution is 0.591. The van der Waals surface area contributed by atoms with Gasteiger partial charge in [0.25, 0.3) is 6.71 Å². The molecule has 0 saturated carbocycles.